The van der Waals surface area contributed by atoms with E-state index in [0.29, 0.717) is 18.1 Å². The van der Waals surface area contributed by atoms with Crippen LogP contribution in [0.2, 0.25) is 0 Å². The fourth-order valence-corrected chi connectivity index (χ4v) is 4.80. The summed E-state index contributed by atoms with van der Waals surface area (Å²) in [5, 5.41) is 19.8. The molecule has 0 saturated carbocycles. The Kier molecular flexibility index (Phi) is 6.63. The van der Waals surface area contributed by atoms with Crippen LogP contribution >= 0.6 is 0 Å². The lowest BCUT2D eigenvalue weighted by Gasteiger charge is -2.47. The number of nitrogens with zero attached hydrogens (tertiary/aromatic N) is 1. The van der Waals surface area contributed by atoms with Crippen molar-refractivity contribution in [3.05, 3.63) is 65.7 Å². The molecule has 156 valence electrons. The maximum absolute atomic E-state index is 12.0. The number of carboxylic acids is 1. The van der Waals surface area contributed by atoms with Crippen molar-refractivity contribution in [2.45, 2.75) is 57.4 Å². The SMILES string of the molecule is CCC(CC(C(=O)O)c1ccccc1)N1CCC(C)(c2cccc(O)c2)C(C)C1. The fourth-order valence-electron chi connectivity index (χ4n) is 4.80. The van der Waals surface area contributed by atoms with E-state index in [0.717, 1.165) is 31.5 Å². The molecule has 2 aromatic carbocycles. The monoisotopic (exact) mass is 395 g/mol. The van der Waals surface area contributed by atoms with E-state index in [1.54, 1.807) is 6.07 Å². The summed E-state index contributed by atoms with van der Waals surface area (Å²) in [6.45, 7) is 8.59. The molecule has 1 aliphatic rings. The van der Waals surface area contributed by atoms with Crippen molar-refractivity contribution >= 4 is 5.97 Å². The van der Waals surface area contributed by atoms with Gasteiger partial charge in [-0.25, -0.2) is 0 Å². The first-order valence-electron chi connectivity index (χ1n) is 10.7. The molecule has 0 radical (unpaired) electrons. The Bertz CT molecular complexity index is 822. The summed E-state index contributed by atoms with van der Waals surface area (Å²) in [7, 11) is 0. The maximum atomic E-state index is 12.0. The van der Waals surface area contributed by atoms with E-state index in [1.807, 2.05) is 42.5 Å². The maximum Gasteiger partial charge on any atom is 0.311 e. The molecule has 2 N–H and O–H groups in total. The van der Waals surface area contributed by atoms with Crippen LogP contribution in [0, 0.1) is 5.92 Å². The van der Waals surface area contributed by atoms with Gasteiger partial charge in [0.1, 0.15) is 5.75 Å². The van der Waals surface area contributed by atoms with Gasteiger partial charge in [0.25, 0.3) is 0 Å². The van der Waals surface area contributed by atoms with Gasteiger partial charge < -0.3 is 15.1 Å². The Labute approximate surface area is 174 Å². The number of rotatable bonds is 7. The number of aromatic hydroxyl groups is 1. The van der Waals surface area contributed by atoms with Gasteiger partial charge in [0.15, 0.2) is 0 Å². The van der Waals surface area contributed by atoms with Crippen molar-refractivity contribution in [1.29, 1.82) is 0 Å². The standard InChI is InChI=1S/C25H33NO3/c1-4-21(16-23(24(28)29)19-9-6-5-7-10-19)26-14-13-25(3,18(2)17-26)20-11-8-12-22(27)15-20/h5-12,15,18,21,23,27H,4,13-14,16-17H2,1-3H3,(H,28,29). The molecule has 4 nitrogen and oxygen atoms in total. The van der Waals surface area contributed by atoms with Crippen molar-refractivity contribution < 1.29 is 15.0 Å². The second-order valence-electron chi connectivity index (χ2n) is 8.71. The van der Waals surface area contributed by atoms with Gasteiger partial charge >= 0.3 is 5.97 Å². The van der Waals surface area contributed by atoms with Crippen LogP contribution in [0.5, 0.6) is 5.75 Å². The van der Waals surface area contributed by atoms with Crippen LogP contribution in [0.25, 0.3) is 0 Å². The summed E-state index contributed by atoms with van der Waals surface area (Å²) in [5.41, 5.74) is 2.08. The van der Waals surface area contributed by atoms with Crippen LogP contribution in [0.15, 0.2) is 54.6 Å². The summed E-state index contributed by atoms with van der Waals surface area (Å²) in [6.07, 6.45) is 2.56. The highest BCUT2D eigenvalue weighted by molar-refractivity contribution is 5.76. The third kappa shape index (κ3) is 4.64. The van der Waals surface area contributed by atoms with Gasteiger partial charge in [0.05, 0.1) is 5.92 Å². The molecule has 1 aliphatic heterocycles. The summed E-state index contributed by atoms with van der Waals surface area (Å²) < 4.78 is 0. The van der Waals surface area contributed by atoms with Crippen molar-refractivity contribution in [3.63, 3.8) is 0 Å². The first-order chi connectivity index (χ1) is 13.8. The number of phenolic OH excluding ortho intramolecular Hbond substituents is 1. The van der Waals surface area contributed by atoms with E-state index < -0.39 is 11.9 Å². The van der Waals surface area contributed by atoms with Crippen molar-refractivity contribution in [2.75, 3.05) is 13.1 Å². The number of piperidine rings is 1. The van der Waals surface area contributed by atoms with Crippen molar-refractivity contribution in [3.8, 4) is 5.75 Å². The van der Waals surface area contributed by atoms with Crippen molar-refractivity contribution in [1.82, 2.24) is 4.90 Å². The number of hydrogen-bond acceptors (Lipinski definition) is 3. The number of carbonyl (C=O) groups is 1. The molecule has 0 spiro atoms. The molecule has 1 saturated heterocycles. The van der Waals surface area contributed by atoms with E-state index in [-0.39, 0.29) is 11.5 Å². The summed E-state index contributed by atoms with van der Waals surface area (Å²) in [6, 6.07) is 17.5. The smallest absolute Gasteiger partial charge is 0.311 e. The summed E-state index contributed by atoms with van der Waals surface area (Å²) in [4.78, 5) is 14.5. The molecule has 1 heterocycles. The number of phenols is 1. The van der Waals surface area contributed by atoms with Gasteiger partial charge in [-0.15, -0.1) is 0 Å². The van der Waals surface area contributed by atoms with Gasteiger partial charge in [-0.1, -0.05) is 63.2 Å². The minimum Gasteiger partial charge on any atom is -0.508 e. The normalized spacial score (nSPS) is 24.7. The lowest BCUT2D eigenvalue weighted by atomic mass is 9.67. The number of likely N-dealkylation sites (tertiary alicyclic amines) is 1. The molecular weight excluding hydrogens is 362 g/mol. The molecule has 4 atom stereocenters. The molecule has 0 aromatic heterocycles. The van der Waals surface area contributed by atoms with Gasteiger partial charge in [-0.3, -0.25) is 4.79 Å². The minimum absolute atomic E-state index is 0.0131. The average Bonchev–Trinajstić information content (AvgIpc) is 2.71. The van der Waals surface area contributed by atoms with E-state index in [1.165, 1.54) is 5.56 Å². The Morgan fingerprint density at radius 3 is 2.52 bits per heavy atom. The molecule has 4 unspecified atom stereocenters. The van der Waals surface area contributed by atoms with Crippen LogP contribution in [0.3, 0.4) is 0 Å². The minimum atomic E-state index is -0.746. The molecular formula is C25H33NO3. The molecule has 0 aliphatic carbocycles. The zero-order valence-electron chi connectivity index (χ0n) is 17.7. The highest BCUT2D eigenvalue weighted by Crippen LogP contribution is 2.41. The van der Waals surface area contributed by atoms with Crippen LogP contribution in [0.4, 0.5) is 0 Å². The molecule has 29 heavy (non-hydrogen) atoms. The predicted octanol–water partition coefficient (Wildman–Crippen LogP) is 5.03. The number of hydrogen-bond donors (Lipinski definition) is 2. The van der Waals surface area contributed by atoms with Gasteiger partial charge in [0.2, 0.25) is 0 Å². The molecule has 2 aromatic rings. The van der Waals surface area contributed by atoms with Crippen LogP contribution in [-0.4, -0.2) is 40.2 Å². The van der Waals surface area contributed by atoms with E-state index >= 15 is 0 Å². The van der Waals surface area contributed by atoms with Gasteiger partial charge in [0, 0.05) is 12.6 Å². The van der Waals surface area contributed by atoms with Gasteiger partial charge in [-0.2, -0.15) is 0 Å². The van der Waals surface area contributed by atoms with E-state index in [4.69, 9.17) is 0 Å². The predicted molar refractivity (Wildman–Crippen MR) is 116 cm³/mol. The Morgan fingerprint density at radius 2 is 1.93 bits per heavy atom. The van der Waals surface area contributed by atoms with E-state index in [2.05, 4.69) is 31.7 Å². The quantitative estimate of drug-likeness (QED) is 0.690. The average molecular weight is 396 g/mol. The van der Waals surface area contributed by atoms with Crippen LogP contribution < -0.4 is 0 Å². The molecule has 0 bridgehead atoms. The first kappa shape index (κ1) is 21.4. The first-order valence-corrected chi connectivity index (χ1v) is 10.7. The molecule has 0 amide bonds. The fraction of sp³-hybridized carbons (Fsp3) is 0.480. The highest BCUT2D eigenvalue weighted by atomic mass is 16.4. The molecule has 1 fully saturated rings. The second-order valence-corrected chi connectivity index (χ2v) is 8.71. The Morgan fingerprint density at radius 1 is 1.21 bits per heavy atom. The number of benzene rings is 2. The molecule has 3 rings (SSSR count). The third-order valence-corrected chi connectivity index (χ3v) is 7.02. The topological polar surface area (TPSA) is 60.8 Å². The third-order valence-electron chi connectivity index (χ3n) is 7.02. The Balaban J connectivity index is 1.74. The largest absolute Gasteiger partial charge is 0.508 e. The second kappa shape index (κ2) is 9.00. The Hall–Kier alpha value is -2.33. The highest BCUT2D eigenvalue weighted by Gasteiger charge is 2.40. The van der Waals surface area contributed by atoms with Crippen molar-refractivity contribution in [2.24, 2.45) is 5.92 Å². The van der Waals surface area contributed by atoms with Gasteiger partial charge in [-0.05, 0) is 60.4 Å². The van der Waals surface area contributed by atoms with Crippen LogP contribution in [-0.2, 0) is 10.2 Å². The number of aliphatic carboxylic acids is 1. The van der Waals surface area contributed by atoms with Crippen LogP contribution in [0.1, 0.15) is 57.1 Å². The number of carboxylic acid groups (broad SMARTS) is 1. The zero-order valence-corrected chi connectivity index (χ0v) is 17.7. The lowest BCUT2D eigenvalue weighted by Crippen LogP contribution is -2.51. The zero-order chi connectivity index (χ0) is 21.0. The summed E-state index contributed by atoms with van der Waals surface area (Å²) in [5.74, 6) is -0.496. The lowest BCUT2D eigenvalue weighted by molar-refractivity contribution is -0.139. The molecule has 4 heteroatoms. The van der Waals surface area contributed by atoms with E-state index in [9.17, 15) is 15.0 Å². The summed E-state index contributed by atoms with van der Waals surface area (Å²) >= 11 is 0.